The molecule has 4 unspecified atom stereocenters. The molecule has 0 fully saturated rings. The average Bonchev–Trinajstić information content (AvgIpc) is 2.37. The zero-order valence-corrected chi connectivity index (χ0v) is 15.1. The van der Waals surface area contributed by atoms with Crippen LogP contribution < -0.4 is 0 Å². The van der Waals surface area contributed by atoms with Crippen LogP contribution in [0.2, 0.25) is 0 Å². The first-order chi connectivity index (χ1) is 9.24. The first-order valence-corrected chi connectivity index (χ1v) is 8.03. The van der Waals surface area contributed by atoms with Crippen LogP contribution in [0.15, 0.2) is 0 Å². The summed E-state index contributed by atoms with van der Waals surface area (Å²) in [5, 5.41) is 44.5. The van der Waals surface area contributed by atoms with Crippen molar-refractivity contribution >= 4 is 0 Å². The predicted octanol–water partition coefficient (Wildman–Crippen LogP) is 2.28. The normalized spacial score (nSPS) is 26.9. The number of nitrogens with zero attached hydrogens (tertiary/aromatic N) is 1. The van der Waals surface area contributed by atoms with Crippen LogP contribution in [-0.2, 0) is 0 Å². The van der Waals surface area contributed by atoms with Gasteiger partial charge in [0.15, 0.2) is 0 Å². The van der Waals surface area contributed by atoms with Gasteiger partial charge in [0.25, 0.3) is 0 Å². The van der Waals surface area contributed by atoms with E-state index in [9.17, 15) is 20.4 Å². The zero-order valence-electron chi connectivity index (χ0n) is 15.1. The quantitative estimate of drug-likeness (QED) is 0.410. The Labute approximate surface area is 129 Å². The third-order valence-corrected chi connectivity index (χ3v) is 5.57. The van der Waals surface area contributed by atoms with Gasteiger partial charge in [0.2, 0.25) is 22.9 Å². The first-order valence-electron chi connectivity index (χ1n) is 8.03. The average molecular weight is 306 g/mol. The van der Waals surface area contributed by atoms with Gasteiger partial charge in [-0.05, 0) is 0 Å². The molecular formula is C16H36NO4+. The van der Waals surface area contributed by atoms with E-state index in [1.807, 2.05) is 0 Å². The third-order valence-electron chi connectivity index (χ3n) is 5.57. The van der Waals surface area contributed by atoms with E-state index in [-0.39, 0.29) is 25.7 Å². The molecule has 0 saturated heterocycles. The largest absolute Gasteiger partial charge is 0.342 e. The highest BCUT2D eigenvalue weighted by Crippen LogP contribution is 2.51. The Morgan fingerprint density at radius 1 is 0.524 bits per heavy atom. The van der Waals surface area contributed by atoms with E-state index in [2.05, 4.69) is 0 Å². The molecule has 0 aliphatic heterocycles. The fraction of sp³-hybridized carbons (Fsp3) is 1.00. The molecule has 0 spiro atoms. The Balaban J connectivity index is 6.85. The number of rotatable bonds is 8. The van der Waals surface area contributed by atoms with Crippen LogP contribution >= 0.6 is 0 Å². The van der Waals surface area contributed by atoms with Gasteiger partial charge in [0.1, 0.15) is 0 Å². The van der Waals surface area contributed by atoms with Crippen LogP contribution in [0.5, 0.6) is 0 Å². The van der Waals surface area contributed by atoms with Crippen molar-refractivity contribution < 1.29 is 24.9 Å². The lowest BCUT2D eigenvalue weighted by atomic mass is 9.84. The van der Waals surface area contributed by atoms with E-state index < -0.39 is 27.4 Å². The number of hydrogen-bond acceptors (Lipinski definition) is 4. The van der Waals surface area contributed by atoms with Crippen molar-refractivity contribution in [3.63, 3.8) is 0 Å². The van der Waals surface area contributed by atoms with E-state index in [0.29, 0.717) is 0 Å². The molecule has 0 aromatic rings. The van der Waals surface area contributed by atoms with E-state index >= 15 is 0 Å². The van der Waals surface area contributed by atoms with Gasteiger partial charge in [0.05, 0.1) is 0 Å². The Bertz CT molecular complexity index is 279. The van der Waals surface area contributed by atoms with E-state index in [0.717, 1.165) is 0 Å². The molecule has 0 amide bonds. The lowest BCUT2D eigenvalue weighted by molar-refractivity contribution is -1.16. The molecule has 0 rings (SSSR count). The van der Waals surface area contributed by atoms with Crippen molar-refractivity contribution in [3.8, 4) is 0 Å². The minimum Gasteiger partial charge on any atom is -0.342 e. The Hall–Kier alpha value is -0.200. The van der Waals surface area contributed by atoms with Gasteiger partial charge in [0, 0.05) is 53.4 Å². The van der Waals surface area contributed by atoms with E-state index in [1.54, 1.807) is 55.4 Å². The summed E-state index contributed by atoms with van der Waals surface area (Å²) in [6.45, 7) is 13.5. The van der Waals surface area contributed by atoms with Crippen molar-refractivity contribution in [3.05, 3.63) is 0 Å². The minimum absolute atomic E-state index is 0.287. The van der Waals surface area contributed by atoms with Crippen molar-refractivity contribution in [1.29, 1.82) is 0 Å². The van der Waals surface area contributed by atoms with Gasteiger partial charge >= 0.3 is 0 Å². The number of hydrogen-bond donors (Lipinski definition) is 4. The first kappa shape index (κ1) is 20.8. The predicted molar refractivity (Wildman–Crippen MR) is 83.9 cm³/mol. The molecule has 0 aromatic heterocycles. The zero-order chi connectivity index (χ0) is 17.3. The Morgan fingerprint density at radius 3 is 0.762 bits per heavy atom. The molecule has 5 nitrogen and oxygen atoms in total. The molecule has 0 aromatic carbocycles. The standard InChI is InChI=1S/C16H36NO4/c1-9-13(5,18)17(14(6,19)10-2,15(7,20)11-3)16(8,21)12-4/h18-21H,9-12H2,1-8H3/q+1. The van der Waals surface area contributed by atoms with Crippen molar-refractivity contribution in [2.45, 2.75) is 104 Å². The molecule has 0 radical (unpaired) electrons. The maximum Gasteiger partial charge on any atom is 0.204 e. The maximum absolute atomic E-state index is 11.1. The second-order valence-corrected chi connectivity index (χ2v) is 6.95. The van der Waals surface area contributed by atoms with E-state index in [4.69, 9.17) is 0 Å². The molecule has 4 atom stereocenters. The molecule has 4 N–H and O–H groups in total. The van der Waals surface area contributed by atoms with Gasteiger partial charge in [-0.2, -0.15) is 0 Å². The van der Waals surface area contributed by atoms with Gasteiger partial charge in [-0.1, -0.05) is 27.7 Å². The summed E-state index contributed by atoms with van der Waals surface area (Å²) in [7, 11) is 0. The fourth-order valence-corrected chi connectivity index (χ4v) is 4.06. The highest BCUT2D eigenvalue weighted by Gasteiger charge is 2.72. The minimum atomic E-state index is -1.50. The second-order valence-electron chi connectivity index (χ2n) is 6.95. The van der Waals surface area contributed by atoms with Crippen LogP contribution in [0.3, 0.4) is 0 Å². The summed E-state index contributed by atoms with van der Waals surface area (Å²) in [6, 6.07) is 0. The summed E-state index contributed by atoms with van der Waals surface area (Å²) in [6.07, 6.45) is 1.15. The van der Waals surface area contributed by atoms with Gasteiger partial charge in [-0.15, -0.1) is 0 Å². The van der Waals surface area contributed by atoms with Crippen LogP contribution in [0.1, 0.15) is 81.1 Å². The fourth-order valence-electron chi connectivity index (χ4n) is 4.06. The van der Waals surface area contributed by atoms with Gasteiger partial charge in [-0.25, -0.2) is 4.48 Å². The van der Waals surface area contributed by atoms with Crippen molar-refractivity contribution in [2.75, 3.05) is 0 Å². The molecule has 128 valence electrons. The molecule has 21 heavy (non-hydrogen) atoms. The van der Waals surface area contributed by atoms with Crippen LogP contribution in [0.25, 0.3) is 0 Å². The maximum atomic E-state index is 11.1. The van der Waals surface area contributed by atoms with Crippen molar-refractivity contribution in [2.24, 2.45) is 0 Å². The van der Waals surface area contributed by atoms with Gasteiger partial charge in [-0.3, -0.25) is 0 Å². The SMILES string of the molecule is CCC(C)(O)[N+](C(C)(O)CC)(C(C)(O)CC)C(C)(O)CC. The number of quaternary nitrogens is 1. The summed E-state index contributed by atoms with van der Waals surface area (Å²) in [4.78, 5) is 0. The molecule has 0 aliphatic carbocycles. The monoisotopic (exact) mass is 306 g/mol. The molecule has 0 aliphatic rings. The molecule has 5 heteroatoms. The number of aliphatic hydroxyl groups is 4. The molecule has 0 saturated carbocycles. The van der Waals surface area contributed by atoms with E-state index in [1.165, 1.54) is 0 Å². The third kappa shape index (κ3) is 2.75. The smallest absolute Gasteiger partial charge is 0.204 e. The lowest BCUT2D eigenvalue weighted by Gasteiger charge is -2.66. The van der Waals surface area contributed by atoms with Crippen LogP contribution in [-0.4, -0.2) is 47.8 Å². The summed E-state index contributed by atoms with van der Waals surface area (Å²) in [5.41, 5.74) is -6.01. The Morgan fingerprint density at radius 2 is 0.667 bits per heavy atom. The highest BCUT2D eigenvalue weighted by molar-refractivity contribution is 4.83. The van der Waals surface area contributed by atoms with Gasteiger partial charge < -0.3 is 20.4 Å². The second kappa shape index (κ2) is 6.13. The molecule has 0 bridgehead atoms. The molecular weight excluding hydrogens is 270 g/mol. The topological polar surface area (TPSA) is 80.9 Å². The van der Waals surface area contributed by atoms with Crippen LogP contribution in [0, 0.1) is 0 Å². The highest BCUT2D eigenvalue weighted by atomic mass is 16.4. The summed E-state index contributed by atoms with van der Waals surface area (Å²) < 4.78 is -0.597. The molecule has 0 heterocycles. The lowest BCUT2D eigenvalue weighted by Crippen LogP contribution is -2.87. The summed E-state index contributed by atoms with van der Waals surface area (Å²) in [5.74, 6) is 0. The Kier molecular flexibility index (Phi) is 6.07. The van der Waals surface area contributed by atoms with Crippen LogP contribution in [0.4, 0.5) is 0 Å². The van der Waals surface area contributed by atoms with Crippen molar-refractivity contribution in [1.82, 2.24) is 0 Å². The summed E-state index contributed by atoms with van der Waals surface area (Å²) >= 11 is 0.